The van der Waals surface area contributed by atoms with Crippen LogP contribution in [0.1, 0.15) is 30.7 Å². The number of aryl methyl sites for hydroxylation is 2. The van der Waals surface area contributed by atoms with E-state index < -0.39 is 0 Å². The number of hydrogen-bond acceptors (Lipinski definition) is 6. The van der Waals surface area contributed by atoms with E-state index in [-0.39, 0.29) is 18.7 Å². The van der Waals surface area contributed by atoms with Crippen LogP contribution < -0.4 is 15.2 Å². The number of pyridine rings is 1. The first-order valence-electron chi connectivity index (χ1n) is 10.3. The van der Waals surface area contributed by atoms with E-state index in [1.54, 1.807) is 6.07 Å². The molecule has 0 spiro atoms. The van der Waals surface area contributed by atoms with E-state index in [1.165, 1.54) is 0 Å². The molecule has 2 aromatic heterocycles. The van der Waals surface area contributed by atoms with Crippen LogP contribution in [0, 0.1) is 13.8 Å². The van der Waals surface area contributed by atoms with Crippen LogP contribution in [0.25, 0.3) is 22.2 Å². The monoisotopic (exact) mass is 414 g/mol. The van der Waals surface area contributed by atoms with Crippen LogP contribution in [-0.4, -0.2) is 21.1 Å². The van der Waals surface area contributed by atoms with Crippen LogP contribution in [0.2, 0.25) is 0 Å². The Morgan fingerprint density at radius 3 is 2.52 bits per heavy atom. The molecule has 0 saturated heterocycles. The van der Waals surface area contributed by atoms with Gasteiger partial charge in [0.1, 0.15) is 12.4 Å². The number of nitrogen functional groups attached to an aromatic ring is 1. The number of rotatable bonds is 6. The molecule has 6 heteroatoms. The lowest BCUT2D eigenvalue weighted by Crippen LogP contribution is -2.08. The van der Waals surface area contributed by atoms with Gasteiger partial charge < -0.3 is 15.2 Å². The topological polar surface area (TPSA) is 83.2 Å². The van der Waals surface area contributed by atoms with Gasteiger partial charge in [-0.2, -0.15) is 4.98 Å². The van der Waals surface area contributed by atoms with Crippen molar-refractivity contribution in [1.82, 2.24) is 15.0 Å². The van der Waals surface area contributed by atoms with E-state index in [0.717, 1.165) is 44.7 Å². The van der Waals surface area contributed by atoms with Crippen molar-refractivity contribution in [2.24, 2.45) is 0 Å². The highest BCUT2D eigenvalue weighted by Crippen LogP contribution is 2.34. The summed E-state index contributed by atoms with van der Waals surface area (Å²) in [5.41, 5.74) is 11.3. The Bertz CT molecular complexity index is 1220. The molecule has 0 bridgehead atoms. The normalized spacial score (nSPS) is 11.1. The molecule has 0 fully saturated rings. The third kappa shape index (κ3) is 4.58. The van der Waals surface area contributed by atoms with Crippen LogP contribution >= 0.6 is 0 Å². The number of fused-ring (bicyclic) bond motifs is 1. The van der Waals surface area contributed by atoms with Gasteiger partial charge in [-0.25, -0.2) is 9.97 Å². The average Bonchev–Trinajstić information content (AvgIpc) is 2.71. The fraction of sp³-hybridized carbons (Fsp3) is 0.240. The van der Waals surface area contributed by atoms with E-state index >= 15 is 0 Å². The molecule has 158 valence electrons. The zero-order chi connectivity index (χ0) is 22.0. The van der Waals surface area contributed by atoms with Crippen LogP contribution in [0.4, 0.5) is 5.95 Å². The molecule has 0 atom stereocenters. The maximum Gasteiger partial charge on any atom is 0.223 e. The van der Waals surface area contributed by atoms with Gasteiger partial charge in [0.05, 0.1) is 17.3 Å². The van der Waals surface area contributed by atoms with Gasteiger partial charge in [0.15, 0.2) is 0 Å². The minimum Gasteiger partial charge on any atom is -0.490 e. The lowest BCUT2D eigenvalue weighted by Gasteiger charge is -2.17. The molecule has 0 unspecified atom stereocenters. The van der Waals surface area contributed by atoms with Crippen molar-refractivity contribution >= 4 is 16.9 Å². The molecule has 0 saturated carbocycles. The first-order valence-corrected chi connectivity index (χ1v) is 10.3. The third-order valence-electron chi connectivity index (χ3n) is 4.85. The average molecular weight is 415 g/mol. The van der Waals surface area contributed by atoms with Crippen molar-refractivity contribution in [2.45, 2.75) is 40.4 Å². The largest absolute Gasteiger partial charge is 0.490 e. The summed E-state index contributed by atoms with van der Waals surface area (Å²) in [6.07, 6.45) is 0.0509. The summed E-state index contributed by atoms with van der Waals surface area (Å²) in [5.74, 6) is 1.42. The number of nitrogens with zero attached hydrogens (tertiary/aromatic N) is 3. The summed E-state index contributed by atoms with van der Waals surface area (Å²) in [4.78, 5) is 13.3. The maximum absolute atomic E-state index is 6.07. The predicted molar refractivity (Wildman–Crippen MR) is 123 cm³/mol. The second-order valence-electron chi connectivity index (χ2n) is 7.80. The number of nitrogens with two attached hydrogens (primary N) is 1. The van der Waals surface area contributed by atoms with Gasteiger partial charge in [-0.1, -0.05) is 30.3 Å². The molecule has 0 radical (unpaired) electrons. The van der Waals surface area contributed by atoms with E-state index in [2.05, 4.69) is 35.1 Å². The van der Waals surface area contributed by atoms with Crippen molar-refractivity contribution in [3.05, 3.63) is 71.4 Å². The quantitative estimate of drug-likeness (QED) is 0.463. The summed E-state index contributed by atoms with van der Waals surface area (Å²) in [6.45, 7) is 8.24. The van der Waals surface area contributed by atoms with Gasteiger partial charge in [-0.3, -0.25) is 0 Å². The fourth-order valence-corrected chi connectivity index (χ4v) is 3.54. The molecule has 2 N–H and O–H groups in total. The third-order valence-corrected chi connectivity index (χ3v) is 4.85. The Kier molecular flexibility index (Phi) is 5.71. The molecule has 0 aliphatic rings. The second kappa shape index (κ2) is 8.60. The first kappa shape index (κ1) is 20.6. The summed E-state index contributed by atoms with van der Waals surface area (Å²) < 4.78 is 12.1. The number of para-hydroxylation sites is 2. The van der Waals surface area contributed by atoms with Crippen molar-refractivity contribution in [3.63, 3.8) is 0 Å². The van der Waals surface area contributed by atoms with Crippen molar-refractivity contribution in [2.75, 3.05) is 5.73 Å². The molecular formula is C25H26N4O2. The minimum atomic E-state index is 0.0509. The number of hydrogen-bond donors (Lipinski definition) is 1. The van der Waals surface area contributed by atoms with E-state index in [9.17, 15) is 0 Å². The van der Waals surface area contributed by atoms with Crippen LogP contribution in [0.15, 0.2) is 54.6 Å². The number of ether oxygens (including phenoxy) is 2. The van der Waals surface area contributed by atoms with Crippen molar-refractivity contribution in [1.29, 1.82) is 0 Å². The van der Waals surface area contributed by atoms with Gasteiger partial charge in [-0.05, 0) is 51.5 Å². The Labute approximate surface area is 182 Å². The minimum absolute atomic E-state index is 0.0509. The van der Waals surface area contributed by atoms with Crippen molar-refractivity contribution in [3.8, 4) is 22.9 Å². The molecule has 0 amide bonds. The Morgan fingerprint density at radius 1 is 0.935 bits per heavy atom. The smallest absolute Gasteiger partial charge is 0.223 e. The van der Waals surface area contributed by atoms with E-state index in [0.29, 0.717) is 5.88 Å². The van der Waals surface area contributed by atoms with Gasteiger partial charge in [0.25, 0.3) is 0 Å². The SMILES string of the molecule is Cc1cc(OCc2cc3cccc(C)c3nc2-c2ccccc2OC(C)C)nc(N)n1. The summed E-state index contributed by atoms with van der Waals surface area (Å²) in [6, 6.07) is 18.0. The lowest BCUT2D eigenvalue weighted by atomic mass is 10.0. The Morgan fingerprint density at radius 2 is 1.74 bits per heavy atom. The van der Waals surface area contributed by atoms with Gasteiger partial charge in [0.2, 0.25) is 11.8 Å². The van der Waals surface area contributed by atoms with E-state index in [4.69, 9.17) is 20.2 Å². The highest BCUT2D eigenvalue weighted by atomic mass is 16.5. The van der Waals surface area contributed by atoms with Gasteiger partial charge in [-0.15, -0.1) is 0 Å². The maximum atomic E-state index is 6.07. The van der Waals surface area contributed by atoms with Gasteiger partial charge in [0, 0.05) is 28.3 Å². The fourth-order valence-electron chi connectivity index (χ4n) is 3.54. The molecule has 31 heavy (non-hydrogen) atoms. The number of aromatic nitrogens is 3. The molecular weight excluding hydrogens is 388 g/mol. The summed E-state index contributed by atoms with van der Waals surface area (Å²) in [7, 11) is 0. The molecule has 6 nitrogen and oxygen atoms in total. The highest BCUT2D eigenvalue weighted by Gasteiger charge is 2.16. The molecule has 0 aliphatic carbocycles. The number of benzene rings is 2. The summed E-state index contributed by atoms with van der Waals surface area (Å²) in [5, 5.41) is 1.06. The van der Waals surface area contributed by atoms with E-state index in [1.807, 2.05) is 51.1 Å². The summed E-state index contributed by atoms with van der Waals surface area (Å²) >= 11 is 0. The molecule has 0 aliphatic heterocycles. The molecule has 4 rings (SSSR count). The lowest BCUT2D eigenvalue weighted by molar-refractivity contribution is 0.243. The van der Waals surface area contributed by atoms with Crippen LogP contribution in [-0.2, 0) is 6.61 Å². The van der Waals surface area contributed by atoms with Crippen LogP contribution in [0.5, 0.6) is 11.6 Å². The molecule has 4 aromatic rings. The molecule has 2 aromatic carbocycles. The predicted octanol–water partition coefficient (Wildman–Crippen LogP) is 5.26. The van der Waals surface area contributed by atoms with Crippen LogP contribution in [0.3, 0.4) is 0 Å². The van der Waals surface area contributed by atoms with Gasteiger partial charge >= 0.3 is 0 Å². The molecule has 2 heterocycles. The number of anilines is 1. The standard InChI is InChI=1S/C25H26N4O2/c1-15(2)31-21-11-6-5-10-20(21)24-19(13-18-9-7-8-16(3)23(18)29-24)14-30-22-12-17(4)27-25(26)28-22/h5-13,15H,14H2,1-4H3,(H2,26,27,28). The first-order chi connectivity index (χ1) is 14.9. The zero-order valence-corrected chi connectivity index (χ0v) is 18.2. The second-order valence-corrected chi connectivity index (χ2v) is 7.80. The zero-order valence-electron chi connectivity index (χ0n) is 18.2. The Balaban J connectivity index is 1.82. The Hall–Kier alpha value is -3.67. The van der Waals surface area contributed by atoms with Crippen molar-refractivity contribution < 1.29 is 9.47 Å². The highest BCUT2D eigenvalue weighted by molar-refractivity contribution is 5.86.